The fourth-order valence-corrected chi connectivity index (χ4v) is 1.79. The van der Waals surface area contributed by atoms with E-state index in [1.54, 1.807) is 31.2 Å². The summed E-state index contributed by atoms with van der Waals surface area (Å²) in [5.41, 5.74) is 1.32. The maximum Gasteiger partial charge on any atom is 0.168 e. The molecule has 2 aromatic carbocycles. The summed E-state index contributed by atoms with van der Waals surface area (Å²) in [5.74, 6) is -0.643. The molecule has 0 saturated heterocycles. The second kappa shape index (κ2) is 4.53. The molecule has 88 valence electrons. The maximum absolute atomic E-state index is 13.8. The summed E-state index contributed by atoms with van der Waals surface area (Å²) >= 11 is 0. The van der Waals surface area contributed by atoms with Crippen LogP contribution in [0.25, 0.3) is 11.1 Å². The van der Waals surface area contributed by atoms with Crippen LogP contribution in [0.1, 0.15) is 5.56 Å². The van der Waals surface area contributed by atoms with Gasteiger partial charge in [0, 0.05) is 5.56 Å². The molecule has 2 aromatic rings. The third-order valence-electron chi connectivity index (χ3n) is 2.73. The normalized spacial score (nSPS) is 10.4. The SMILES string of the molecule is COc1ccc(-c2ccccc2F)c(C)c1F. The van der Waals surface area contributed by atoms with E-state index in [1.165, 1.54) is 19.2 Å². The predicted molar refractivity (Wildman–Crippen MR) is 63.1 cm³/mol. The fraction of sp³-hybridized carbons (Fsp3) is 0.143. The van der Waals surface area contributed by atoms with E-state index in [9.17, 15) is 8.78 Å². The Labute approximate surface area is 98.7 Å². The standard InChI is InChI=1S/C14H12F2O/c1-9-10(7-8-13(17-2)14(9)16)11-5-3-4-6-12(11)15/h3-8H,1-2H3. The van der Waals surface area contributed by atoms with Gasteiger partial charge in [-0.1, -0.05) is 24.3 Å². The Kier molecular flexibility index (Phi) is 3.09. The lowest BCUT2D eigenvalue weighted by molar-refractivity contribution is 0.385. The third-order valence-corrected chi connectivity index (χ3v) is 2.73. The first kappa shape index (κ1) is 11.6. The zero-order valence-corrected chi connectivity index (χ0v) is 9.63. The van der Waals surface area contributed by atoms with Crippen molar-refractivity contribution in [3.05, 3.63) is 53.6 Å². The number of halogens is 2. The van der Waals surface area contributed by atoms with Crippen LogP contribution < -0.4 is 4.74 Å². The monoisotopic (exact) mass is 234 g/mol. The Morgan fingerprint density at radius 1 is 0.941 bits per heavy atom. The van der Waals surface area contributed by atoms with Gasteiger partial charge in [0.1, 0.15) is 5.82 Å². The lowest BCUT2D eigenvalue weighted by Crippen LogP contribution is -1.95. The van der Waals surface area contributed by atoms with Gasteiger partial charge in [0.2, 0.25) is 0 Å². The average Bonchev–Trinajstić information content (AvgIpc) is 2.34. The van der Waals surface area contributed by atoms with Crippen molar-refractivity contribution in [3.63, 3.8) is 0 Å². The molecule has 1 nitrogen and oxygen atoms in total. The van der Waals surface area contributed by atoms with Crippen LogP contribution in [-0.2, 0) is 0 Å². The second-order valence-corrected chi connectivity index (χ2v) is 3.73. The molecule has 0 saturated carbocycles. The number of hydrogen-bond donors (Lipinski definition) is 0. The van der Waals surface area contributed by atoms with Crippen molar-refractivity contribution in [2.75, 3.05) is 7.11 Å². The predicted octanol–water partition coefficient (Wildman–Crippen LogP) is 3.95. The van der Waals surface area contributed by atoms with Gasteiger partial charge in [0.25, 0.3) is 0 Å². The molecule has 0 aromatic heterocycles. The highest BCUT2D eigenvalue weighted by Crippen LogP contribution is 2.31. The zero-order chi connectivity index (χ0) is 12.4. The van der Waals surface area contributed by atoms with E-state index in [4.69, 9.17) is 4.74 Å². The summed E-state index contributed by atoms with van der Waals surface area (Å²) in [4.78, 5) is 0. The van der Waals surface area contributed by atoms with Crippen LogP contribution in [0.4, 0.5) is 8.78 Å². The Bertz CT molecular complexity index is 550. The van der Waals surface area contributed by atoms with Crippen LogP contribution in [-0.4, -0.2) is 7.11 Å². The molecule has 0 atom stereocenters. The van der Waals surface area contributed by atoms with Gasteiger partial charge in [-0.05, 0) is 30.2 Å². The molecule has 0 aliphatic carbocycles. The maximum atomic E-state index is 13.8. The molecule has 3 heteroatoms. The summed E-state index contributed by atoms with van der Waals surface area (Å²) in [6.07, 6.45) is 0. The van der Waals surface area contributed by atoms with Gasteiger partial charge in [0.15, 0.2) is 11.6 Å². The highest BCUT2D eigenvalue weighted by atomic mass is 19.1. The summed E-state index contributed by atoms with van der Waals surface area (Å²) in [6, 6.07) is 9.48. The van der Waals surface area contributed by atoms with E-state index in [1.807, 2.05) is 0 Å². The van der Waals surface area contributed by atoms with Crippen LogP contribution in [0.5, 0.6) is 5.75 Å². The van der Waals surface area contributed by atoms with E-state index in [2.05, 4.69) is 0 Å². The molecule has 0 fully saturated rings. The molecule has 0 aliphatic heterocycles. The van der Waals surface area contributed by atoms with Crippen molar-refractivity contribution in [1.29, 1.82) is 0 Å². The summed E-state index contributed by atoms with van der Waals surface area (Å²) < 4.78 is 32.3. The topological polar surface area (TPSA) is 9.23 Å². The van der Waals surface area contributed by atoms with Crippen molar-refractivity contribution in [2.45, 2.75) is 6.92 Å². The first-order valence-electron chi connectivity index (χ1n) is 5.23. The summed E-state index contributed by atoms with van der Waals surface area (Å²) in [5, 5.41) is 0. The second-order valence-electron chi connectivity index (χ2n) is 3.73. The minimum Gasteiger partial charge on any atom is -0.494 e. The van der Waals surface area contributed by atoms with Gasteiger partial charge in [-0.25, -0.2) is 8.78 Å². The van der Waals surface area contributed by atoms with Gasteiger partial charge < -0.3 is 4.74 Å². The largest absolute Gasteiger partial charge is 0.494 e. The van der Waals surface area contributed by atoms with E-state index in [0.717, 1.165) is 0 Å². The molecule has 0 aliphatic rings. The molecule has 0 spiro atoms. The van der Waals surface area contributed by atoms with E-state index in [-0.39, 0.29) is 11.6 Å². The van der Waals surface area contributed by atoms with Gasteiger partial charge >= 0.3 is 0 Å². The summed E-state index contributed by atoms with van der Waals surface area (Å²) in [6.45, 7) is 1.61. The lowest BCUT2D eigenvalue weighted by Gasteiger charge is -2.10. The highest BCUT2D eigenvalue weighted by molar-refractivity contribution is 5.69. The number of ether oxygens (including phenoxy) is 1. The van der Waals surface area contributed by atoms with Crippen LogP contribution in [0.3, 0.4) is 0 Å². The summed E-state index contributed by atoms with van der Waals surface area (Å²) in [7, 11) is 1.40. The average molecular weight is 234 g/mol. The molecule has 17 heavy (non-hydrogen) atoms. The smallest absolute Gasteiger partial charge is 0.168 e. The lowest BCUT2D eigenvalue weighted by atomic mass is 9.99. The van der Waals surface area contributed by atoms with E-state index in [0.29, 0.717) is 16.7 Å². The Hall–Kier alpha value is -1.90. The molecule has 0 heterocycles. The van der Waals surface area contributed by atoms with Gasteiger partial charge in [0.05, 0.1) is 7.11 Å². The molecule has 0 radical (unpaired) electrons. The molecular formula is C14H12F2O. The first-order chi connectivity index (χ1) is 8.15. The van der Waals surface area contributed by atoms with Crippen molar-refractivity contribution in [3.8, 4) is 16.9 Å². The number of rotatable bonds is 2. The van der Waals surface area contributed by atoms with Crippen LogP contribution in [0.2, 0.25) is 0 Å². The fourth-order valence-electron chi connectivity index (χ4n) is 1.79. The van der Waals surface area contributed by atoms with Crippen molar-refractivity contribution >= 4 is 0 Å². The Balaban J connectivity index is 2.62. The molecule has 0 bridgehead atoms. The van der Waals surface area contributed by atoms with Crippen LogP contribution in [0, 0.1) is 18.6 Å². The number of benzene rings is 2. The minimum atomic E-state index is -0.451. The number of hydrogen-bond acceptors (Lipinski definition) is 1. The molecular weight excluding hydrogens is 222 g/mol. The molecule has 0 unspecified atom stereocenters. The zero-order valence-electron chi connectivity index (χ0n) is 9.63. The molecule has 0 N–H and O–H groups in total. The van der Waals surface area contributed by atoms with Crippen molar-refractivity contribution in [1.82, 2.24) is 0 Å². The first-order valence-corrected chi connectivity index (χ1v) is 5.23. The quantitative estimate of drug-likeness (QED) is 0.764. The Morgan fingerprint density at radius 3 is 2.29 bits per heavy atom. The van der Waals surface area contributed by atoms with Crippen LogP contribution >= 0.6 is 0 Å². The van der Waals surface area contributed by atoms with Gasteiger partial charge in [-0.3, -0.25) is 0 Å². The molecule has 2 rings (SSSR count). The minimum absolute atomic E-state index is 0.169. The molecule has 0 amide bonds. The third kappa shape index (κ3) is 2.00. The van der Waals surface area contributed by atoms with Crippen LogP contribution in [0.15, 0.2) is 36.4 Å². The van der Waals surface area contributed by atoms with E-state index >= 15 is 0 Å². The van der Waals surface area contributed by atoms with Gasteiger partial charge in [-0.2, -0.15) is 0 Å². The van der Waals surface area contributed by atoms with Crippen molar-refractivity contribution in [2.24, 2.45) is 0 Å². The highest BCUT2D eigenvalue weighted by Gasteiger charge is 2.13. The van der Waals surface area contributed by atoms with Gasteiger partial charge in [-0.15, -0.1) is 0 Å². The van der Waals surface area contributed by atoms with E-state index < -0.39 is 5.82 Å². The number of methoxy groups -OCH3 is 1. The van der Waals surface area contributed by atoms with Crippen molar-refractivity contribution < 1.29 is 13.5 Å². The Morgan fingerprint density at radius 2 is 1.65 bits per heavy atom.